The minimum Gasteiger partial charge on any atom is -0.367 e. The molecule has 0 spiro atoms. The van der Waals surface area contributed by atoms with Gasteiger partial charge in [0.15, 0.2) is 5.16 Å². The zero-order valence-electron chi connectivity index (χ0n) is 12.9. The molecule has 0 unspecified atom stereocenters. The molecule has 2 aromatic rings. The smallest absolute Gasteiger partial charge is 0.367 e. The molecule has 1 aromatic carbocycles. The van der Waals surface area contributed by atoms with Gasteiger partial charge in [0.2, 0.25) is 0 Å². The summed E-state index contributed by atoms with van der Waals surface area (Å²) in [6.07, 6.45) is 0.515. The highest BCUT2D eigenvalue weighted by molar-refractivity contribution is 9.15. The highest BCUT2D eigenvalue weighted by Gasteiger charge is 2.35. The van der Waals surface area contributed by atoms with E-state index in [1.165, 1.54) is 11.8 Å². The third-order valence-corrected chi connectivity index (χ3v) is 4.85. The van der Waals surface area contributed by atoms with Gasteiger partial charge < -0.3 is 4.90 Å². The fraction of sp³-hybridized carbons (Fsp3) is 0.250. The van der Waals surface area contributed by atoms with Crippen LogP contribution in [-0.2, 0) is 19.3 Å². The number of hydrogen-bond acceptors (Lipinski definition) is 4. The molecule has 3 nitrogen and oxygen atoms in total. The van der Waals surface area contributed by atoms with Gasteiger partial charge in [-0.15, -0.1) is 0 Å². The minimum absolute atomic E-state index is 0.208. The van der Waals surface area contributed by atoms with E-state index in [0.717, 1.165) is 23.8 Å². The van der Waals surface area contributed by atoms with Crippen molar-refractivity contribution >= 4 is 32.2 Å². The summed E-state index contributed by atoms with van der Waals surface area (Å²) in [6, 6.07) is 2.99. The molecule has 0 fully saturated rings. The lowest BCUT2D eigenvalue weighted by molar-refractivity contribution is -0.138. The zero-order valence-corrected chi connectivity index (χ0v) is 15.3. The van der Waals surface area contributed by atoms with Gasteiger partial charge in [-0.05, 0) is 34.3 Å². The summed E-state index contributed by atoms with van der Waals surface area (Å²) in [5.74, 6) is -0.876. The number of rotatable bonds is 3. The molecular formula is C16H12BrF4N3S. The molecule has 1 aliphatic rings. The number of nitrogens with zero attached hydrogens (tertiary/aromatic N) is 3. The lowest BCUT2D eigenvalue weighted by Gasteiger charge is -2.27. The number of alkyl halides is 3. The molecule has 2 heterocycles. The summed E-state index contributed by atoms with van der Waals surface area (Å²) in [7, 11) is 0. The van der Waals surface area contributed by atoms with Crippen molar-refractivity contribution in [3.8, 4) is 0 Å². The van der Waals surface area contributed by atoms with Gasteiger partial charge in [0.1, 0.15) is 5.82 Å². The number of aromatic nitrogens is 2. The molecule has 9 heteroatoms. The average molecular weight is 434 g/mol. The number of fused-ring (bicyclic) bond motifs is 1. The van der Waals surface area contributed by atoms with E-state index < -0.39 is 17.6 Å². The van der Waals surface area contributed by atoms with Crippen LogP contribution in [0.5, 0.6) is 0 Å². The number of benzene rings is 1. The van der Waals surface area contributed by atoms with Gasteiger partial charge >= 0.3 is 6.18 Å². The second-order valence-electron chi connectivity index (χ2n) is 5.38. The molecule has 25 heavy (non-hydrogen) atoms. The monoisotopic (exact) mass is 433 g/mol. The molecular weight excluding hydrogens is 422 g/mol. The van der Waals surface area contributed by atoms with E-state index in [2.05, 4.69) is 25.9 Å². The van der Waals surface area contributed by atoms with E-state index in [1.54, 1.807) is 17.3 Å². The predicted molar refractivity (Wildman–Crippen MR) is 91.4 cm³/mol. The third kappa shape index (κ3) is 3.82. The van der Waals surface area contributed by atoms with Crippen LogP contribution in [0.2, 0.25) is 0 Å². The molecule has 0 bridgehead atoms. The molecule has 1 aromatic heterocycles. The highest BCUT2D eigenvalue weighted by Crippen LogP contribution is 2.36. The fourth-order valence-corrected chi connectivity index (χ4v) is 3.56. The van der Waals surface area contributed by atoms with Crippen molar-refractivity contribution in [3.63, 3.8) is 0 Å². The van der Waals surface area contributed by atoms with Crippen molar-refractivity contribution in [3.05, 3.63) is 58.8 Å². The van der Waals surface area contributed by atoms with E-state index in [1.807, 2.05) is 6.26 Å². The third-order valence-electron chi connectivity index (χ3n) is 3.71. The van der Waals surface area contributed by atoms with Crippen LogP contribution in [0.3, 0.4) is 0 Å². The van der Waals surface area contributed by atoms with Gasteiger partial charge in [-0.25, -0.2) is 14.4 Å². The normalized spacial score (nSPS) is 14.3. The average Bonchev–Trinajstić information content (AvgIpc) is 2.55. The van der Waals surface area contributed by atoms with Crippen LogP contribution in [-0.4, -0.2) is 21.1 Å². The van der Waals surface area contributed by atoms with Crippen LogP contribution in [0, 0.1) is 5.82 Å². The number of hydrogen-bond donors (Lipinski definition) is 0. The Balaban J connectivity index is 1.93. The zero-order chi connectivity index (χ0) is 18.2. The van der Waals surface area contributed by atoms with E-state index in [4.69, 9.17) is 0 Å². The second kappa shape index (κ2) is 6.95. The van der Waals surface area contributed by atoms with Crippen molar-refractivity contribution in [2.75, 3.05) is 6.26 Å². The van der Waals surface area contributed by atoms with Crippen LogP contribution in [0.25, 0.3) is 4.48 Å². The fourth-order valence-electron chi connectivity index (χ4n) is 2.59. The second-order valence-corrected chi connectivity index (χ2v) is 7.00. The predicted octanol–water partition coefficient (Wildman–Crippen LogP) is 5.07. The van der Waals surface area contributed by atoms with Gasteiger partial charge in [0.05, 0.1) is 15.7 Å². The number of thioether (sulfide) groups is 1. The minimum atomic E-state index is -4.61. The van der Waals surface area contributed by atoms with Gasteiger partial charge in [-0.3, -0.25) is 0 Å². The lowest BCUT2D eigenvalue weighted by Crippen LogP contribution is -2.24. The topological polar surface area (TPSA) is 29.0 Å². The summed E-state index contributed by atoms with van der Waals surface area (Å²) in [4.78, 5) is 10.2. The van der Waals surface area contributed by atoms with Crippen LogP contribution in [0.4, 0.5) is 17.6 Å². The summed E-state index contributed by atoms with van der Waals surface area (Å²) in [5.41, 5.74) is 0.116. The maximum absolute atomic E-state index is 14.0. The molecule has 0 saturated carbocycles. The molecule has 0 amide bonds. The Morgan fingerprint density at radius 1 is 1.32 bits per heavy atom. The van der Waals surface area contributed by atoms with Crippen molar-refractivity contribution in [1.29, 1.82) is 0 Å². The lowest BCUT2D eigenvalue weighted by atomic mass is 10.0. The Hall–Kier alpha value is -1.61. The summed E-state index contributed by atoms with van der Waals surface area (Å²) in [6.45, 7) is 0.0884. The molecule has 0 radical (unpaired) electrons. The molecule has 0 aliphatic carbocycles. The molecule has 132 valence electrons. The van der Waals surface area contributed by atoms with Gasteiger partial charge in [-0.2, -0.15) is 13.2 Å². The Labute approximate surface area is 154 Å². The highest BCUT2D eigenvalue weighted by atomic mass is 79.9. The van der Waals surface area contributed by atoms with Crippen LogP contribution in [0.15, 0.2) is 35.8 Å². The Kier molecular flexibility index (Phi) is 5.06. The Morgan fingerprint density at radius 2 is 2.08 bits per heavy atom. The largest absolute Gasteiger partial charge is 0.416 e. The Morgan fingerprint density at radius 3 is 2.76 bits per heavy atom. The van der Waals surface area contributed by atoms with Crippen molar-refractivity contribution in [2.45, 2.75) is 24.4 Å². The summed E-state index contributed by atoms with van der Waals surface area (Å²) >= 11 is 4.78. The first-order valence-corrected chi connectivity index (χ1v) is 9.17. The molecule has 1 aliphatic heterocycles. The van der Waals surface area contributed by atoms with E-state index >= 15 is 0 Å². The van der Waals surface area contributed by atoms with Crippen LogP contribution >= 0.6 is 27.7 Å². The maximum Gasteiger partial charge on any atom is 0.416 e. The van der Waals surface area contributed by atoms with Crippen molar-refractivity contribution < 1.29 is 17.6 Å². The van der Waals surface area contributed by atoms with Crippen molar-refractivity contribution in [1.82, 2.24) is 14.9 Å². The molecule has 0 saturated heterocycles. The molecule has 0 N–H and O–H groups in total. The van der Waals surface area contributed by atoms with Crippen molar-refractivity contribution in [2.24, 2.45) is 0 Å². The van der Waals surface area contributed by atoms with E-state index in [9.17, 15) is 17.6 Å². The molecule has 0 atom stereocenters. The first-order chi connectivity index (χ1) is 11.8. The SMILES string of the molecule is CSc1ncc2c(n1)C(Br)=CN(Cc1c(F)cccc1C(F)(F)F)C2. The molecule has 3 rings (SSSR count). The summed E-state index contributed by atoms with van der Waals surface area (Å²) in [5, 5.41) is 0.603. The number of halogens is 5. The quantitative estimate of drug-likeness (QED) is 0.384. The standard InChI is InChI=1S/C16H12BrF4N3S/c1-25-15-22-5-9-6-24(8-12(17)14(9)23-15)7-10-11(16(19,20)21)3-2-4-13(10)18/h2-5,8H,6-7H2,1H3. The van der Waals surface area contributed by atoms with Gasteiger partial charge in [0, 0.05) is 36.6 Å². The van der Waals surface area contributed by atoms with Gasteiger partial charge in [-0.1, -0.05) is 17.8 Å². The van der Waals surface area contributed by atoms with E-state index in [0.29, 0.717) is 21.9 Å². The van der Waals surface area contributed by atoms with Gasteiger partial charge in [0.25, 0.3) is 0 Å². The van der Waals surface area contributed by atoms with Crippen LogP contribution < -0.4 is 0 Å². The van der Waals surface area contributed by atoms with Crippen LogP contribution in [0.1, 0.15) is 22.4 Å². The van der Waals surface area contributed by atoms with E-state index in [-0.39, 0.29) is 12.1 Å². The summed E-state index contributed by atoms with van der Waals surface area (Å²) < 4.78 is 54.1. The first kappa shape index (κ1) is 18.2. The Bertz CT molecular complexity index is 839. The first-order valence-electron chi connectivity index (χ1n) is 7.16. The maximum atomic E-state index is 14.0.